The van der Waals surface area contributed by atoms with Crippen molar-refractivity contribution in [1.29, 1.82) is 0 Å². The minimum Gasteiger partial charge on any atom is -0.497 e. The van der Waals surface area contributed by atoms with Crippen LogP contribution in [0.3, 0.4) is 0 Å². The third kappa shape index (κ3) is 4.90. The molecule has 1 aliphatic rings. The molecule has 29 heavy (non-hydrogen) atoms. The number of hydrogen-bond acceptors (Lipinski definition) is 6. The smallest absolute Gasteiger partial charge is 0.294 e. The zero-order chi connectivity index (χ0) is 21.0. The van der Waals surface area contributed by atoms with Crippen LogP contribution in [0.1, 0.15) is 5.56 Å². The van der Waals surface area contributed by atoms with E-state index in [1.165, 1.54) is 14.2 Å². The molecule has 1 saturated heterocycles. The van der Waals surface area contributed by atoms with Gasteiger partial charge in [-0.1, -0.05) is 17.7 Å². The number of amides is 3. The number of benzene rings is 2. The lowest BCUT2D eigenvalue weighted by Gasteiger charge is -2.12. The number of thioether (sulfide) groups is 1. The van der Waals surface area contributed by atoms with Gasteiger partial charge < -0.3 is 14.8 Å². The Morgan fingerprint density at radius 3 is 2.66 bits per heavy atom. The van der Waals surface area contributed by atoms with Crippen molar-refractivity contribution >= 4 is 52.2 Å². The van der Waals surface area contributed by atoms with Gasteiger partial charge in [0.15, 0.2) is 0 Å². The second-order valence-electron chi connectivity index (χ2n) is 5.93. The van der Waals surface area contributed by atoms with Gasteiger partial charge in [0.2, 0.25) is 5.91 Å². The molecule has 2 aromatic rings. The quantitative estimate of drug-likeness (QED) is 0.693. The van der Waals surface area contributed by atoms with Crippen LogP contribution in [-0.4, -0.2) is 42.7 Å². The Morgan fingerprint density at radius 2 is 1.97 bits per heavy atom. The van der Waals surface area contributed by atoms with Crippen LogP contribution in [0.25, 0.3) is 6.08 Å². The molecule has 1 heterocycles. The van der Waals surface area contributed by atoms with Gasteiger partial charge in [0, 0.05) is 22.3 Å². The maximum absolute atomic E-state index is 12.6. The number of hydrogen-bond donors (Lipinski definition) is 1. The number of rotatable bonds is 6. The maximum Gasteiger partial charge on any atom is 0.294 e. The van der Waals surface area contributed by atoms with E-state index in [4.69, 9.17) is 21.1 Å². The fourth-order valence-corrected chi connectivity index (χ4v) is 3.65. The Morgan fingerprint density at radius 1 is 1.17 bits per heavy atom. The van der Waals surface area contributed by atoms with Gasteiger partial charge in [0.1, 0.15) is 18.0 Å². The van der Waals surface area contributed by atoms with E-state index in [1.807, 2.05) is 0 Å². The molecule has 0 spiro atoms. The maximum atomic E-state index is 12.6. The number of carbonyl (C=O) groups is 3. The first-order valence-electron chi connectivity index (χ1n) is 8.44. The van der Waals surface area contributed by atoms with Crippen molar-refractivity contribution in [3.63, 3.8) is 0 Å². The summed E-state index contributed by atoms with van der Waals surface area (Å²) in [6, 6.07) is 11.7. The summed E-state index contributed by atoms with van der Waals surface area (Å²) in [5.74, 6) is 0.0524. The van der Waals surface area contributed by atoms with E-state index in [2.05, 4.69) is 5.32 Å². The Hall–Kier alpha value is -2.97. The summed E-state index contributed by atoms with van der Waals surface area (Å²) in [6.45, 7) is -0.395. The molecule has 0 unspecified atom stereocenters. The van der Waals surface area contributed by atoms with Crippen molar-refractivity contribution in [2.45, 2.75) is 0 Å². The van der Waals surface area contributed by atoms with Gasteiger partial charge in [0.25, 0.3) is 11.1 Å². The highest BCUT2D eigenvalue weighted by molar-refractivity contribution is 8.18. The van der Waals surface area contributed by atoms with Gasteiger partial charge in [-0.3, -0.25) is 19.3 Å². The van der Waals surface area contributed by atoms with Crippen molar-refractivity contribution in [2.24, 2.45) is 0 Å². The molecule has 2 aromatic carbocycles. The normalized spacial score (nSPS) is 15.0. The molecule has 3 amide bonds. The molecule has 1 N–H and O–H groups in total. The van der Waals surface area contributed by atoms with Crippen LogP contribution in [0.2, 0.25) is 5.02 Å². The summed E-state index contributed by atoms with van der Waals surface area (Å²) >= 11 is 6.65. The molecule has 7 nitrogen and oxygen atoms in total. The minimum atomic E-state index is -0.542. The lowest BCUT2D eigenvalue weighted by atomic mass is 10.1. The molecular formula is C20H17ClN2O5S. The second kappa shape index (κ2) is 9.02. The number of imide groups is 1. The highest BCUT2D eigenvalue weighted by atomic mass is 35.5. The first kappa shape index (κ1) is 20.8. The number of methoxy groups -OCH3 is 2. The minimum absolute atomic E-state index is 0.203. The van der Waals surface area contributed by atoms with Crippen molar-refractivity contribution in [3.05, 3.63) is 58.0 Å². The SMILES string of the molecule is COc1ccc(/C=C2/SC(=O)N(CC(=O)Nc3cccc(Cl)c3)C2=O)c(OC)c1. The molecule has 0 atom stereocenters. The molecule has 3 rings (SSSR count). The summed E-state index contributed by atoms with van der Waals surface area (Å²) in [4.78, 5) is 38.2. The number of ether oxygens (including phenoxy) is 2. The first-order valence-corrected chi connectivity index (χ1v) is 9.63. The van der Waals surface area contributed by atoms with Crippen molar-refractivity contribution in [3.8, 4) is 11.5 Å². The van der Waals surface area contributed by atoms with Gasteiger partial charge >= 0.3 is 0 Å². The van der Waals surface area contributed by atoms with E-state index < -0.39 is 23.6 Å². The van der Waals surface area contributed by atoms with Crippen LogP contribution >= 0.6 is 23.4 Å². The predicted molar refractivity (Wildman–Crippen MR) is 112 cm³/mol. The second-order valence-corrected chi connectivity index (χ2v) is 7.36. The molecular weight excluding hydrogens is 416 g/mol. The highest BCUT2D eigenvalue weighted by Gasteiger charge is 2.36. The lowest BCUT2D eigenvalue weighted by molar-refractivity contribution is -0.127. The van der Waals surface area contributed by atoms with E-state index in [1.54, 1.807) is 48.5 Å². The van der Waals surface area contributed by atoms with Gasteiger partial charge in [-0.05, 0) is 48.2 Å². The number of anilines is 1. The molecule has 0 bridgehead atoms. The average molecular weight is 433 g/mol. The predicted octanol–water partition coefficient (Wildman–Crippen LogP) is 4.03. The molecule has 9 heteroatoms. The highest BCUT2D eigenvalue weighted by Crippen LogP contribution is 2.35. The number of halogens is 1. The van der Waals surface area contributed by atoms with Crippen molar-refractivity contribution in [1.82, 2.24) is 4.90 Å². The molecule has 150 valence electrons. The molecule has 0 aromatic heterocycles. The number of nitrogens with one attached hydrogen (secondary N) is 1. The monoisotopic (exact) mass is 432 g/mol. The fraction of sp³-hybridized carbons (Fsp3) is 0.150. The summed E-state index contributed by atoms with van der Waals surface area (Å²) in [7, 11) is 3.03. The van der Waals surface area contributed by atoms with E-state index in [9.17, 15) is 14.4 Å². The average Bonchev–Trinajstić information content (AvgIpc) is 2.95. The van der Waals surface area contributed by atoms with Crippen molar-refractivity contribution in [2.75, 3.05) is 26.1 Å². The van der Waals surface area contributed by atoms with Crippen molar-refractivity contribution < 1.29 is 23.9 Å². The first-order chi connectivity index (χ1) is 13.9. The molecule has 0 aliphatic carbocycles. The summed E-state index contributed by atoms with van der Waals surface area (Å²) in [5.41, 5.74) is 1.09. The Kier molecular flexibility index (Phi) is 6.46. The van der Waals surface area contributed by atoms with Crippen LogP contribution < -0.4 is 14.8 Å². The van der Waals surface area contributed by atoms with Crippen LogP contribution in [-0.2, 0) is 9.59 Å². The lowest BCUT2D eigenvalue weighted by Crippen LogP contribution is -2.36. The number of carbonyl (C=O) groups excluding carboxylic acids is 3. The van der Waals surface area contributed by atoms with Crippen LogP contribution in [0.15, 0.2) is 47.4 Å². The largest absolute Gasteiger partial charge is 0.497 e. The van der Waals surface area contributed by atoms with E-state index in [0.29, 0.717) is 27.8 Å². The number of nitrogens with zero attached hydrogens (tertiary/aromatic N) is 1. The van der Waals surface area contributed by atoms with Gasteiger partial charge in [-0.15, -0.1) is 0 Å². The van der Waals surface area contributed by atoms with Gasteiger partial charge in [-0.25, -0.2) is 0 Å². The Labute approximate surface area is 176 Å². The third-order valence-corrected chi connectivity index (χ3v) is 5.15. The van der Waals surface area contributed by atoms with Gasteiger partial charge in [-0.2, -0.15) is 0 Å². The Bertz CT molecular complexity index is 1010. The van der Waals surface area contributed by atoms with Crippen LogP contribution in [0, 0.1) is 0 Å². The summed E-state index contributed by atoms with van der Waals surface area (Å²) in [6.07, 6.45) is 1.55. The summed E-state index contributed by atoms with van der Waals surface area (Å²) in [5, 5.41) is 2.56. The topological polar surface area (TPSA) is 84.9 Å². The standard InChI is InChI=1S/C20H17ClN2O5S/c1-27-15-7-6-12(16(10-15)28-2)8-17-19(25)23(20(26)29-17)11-18(24)22-14-5-3-4-13(21)9-14/h3-10H,11H2,1-2H3,(H,22,24)/b17-8+. The summed E-state index contributed by atoms with van der Waals surface area (Å²) < 4.78 is 10.5. The molecule has 0 saturated carbocycles. The van der Waals surface area contributed by atoms with E-state index in [0.717, 1.165) is 16.7 Å². The van der Waals surface area contributed by atoms with Gasteiger partial charge in [0.05, 0.1) is 19.1 Å². The van der Waals surface area contributed by atoms with Crippen LogP contribution in [0.4, 0.5) is 10.5 Å². The molecule has 0 radical (unpaired) electrons. The third-order valence-electron chi connectivity index (χ3n) is 4.01. The van der Waals surface area contributed by atoms with E-state index in [-0.39, 0.29) is 4.91 Å². The Balaban J connectivity index is 1.74. The van der Waals surface area contributed by atoms with Crippen LogP contribution in [0.5, 0.6) is 11.5 Å². The zero-order valence-corrected chi connectivity index (χ0v) is 17.2. The molecule has 1 aliphatic heterocycles. The zero-order valence-electron chi connectivity index (χ0n) is 15.6. The van der Waals surface area contributed by atoms with E-state index >= 15 is 0 Å². The molecule has 1 fully saturated rings. The fourth-order valence-electron chi connectivity index (χ4n) is 2.63.